The summed E-state index contributed by atoms with van der Waals surface area (Å²) in [5.74, 6) is 1.07. The molecule has 0 aromatic heterocycles. The van der Waals surface area contributed by atoms with E-state index >= 15 is 0 Å². The largest absolute Gasteiger partial charge is 0.353 e. The van der Waals surface area contributed by atoms with Crippen LogP contribution in [0.3, 0.4) is 0 Å². The molecule has 2 fully saturated rings. The molecular formula is C16H28N2O2. The Balaban J connectivity index is 1.85. The van der Waals surface area contributed by atoms with Crippen LogP contribution in [0.15, 0.2) is 0 Å². The predicted molar refractivity (Wildman–Crippen MR) is 79.1 cm³/mol. The summed E-state index contributed by atoms with van der Waals surface area (Å²) in [4.78, 5) is 26.3. The number of nitrogens with zero attached hydrogens (tertiary/aromatic N) is 1. The molecule has 2 rings (SSSR count). The topological polar surface area (TPSA) is 49.4 Å². The maximum Gasteiger partial charge on any atom is 0.225 e. The van der Waals surface area contributed by atoms with Gasteiger partial charge in [0.15, 0.2) is 0 Å². The Morgan fingerprint density at radius 2 is 1.95 bits per heavy atom. The molecule has 114 valence electrons. The van der Waals surface area contributed by atoms with Crippen LogP contribution in [0, 0.1) is 17.8 Å². The number of carbonyl (C=O) groups is 2. The molecule has 2 amide bonds. The summed E-state index contributed by atoms with van der Waals surface area (Å²) >= 11 is 0. The molecule has 1 aliphatic heterocycles. The minimum absolute atomic E-state index is 0.0117. The Kier molecular flexibility index (Phi) is 5.06. The van der Waals surface area contributed by atoms with E-state index in [2.05, 4.69) is 12.2 Å². The third-order valence-electron chi connectivity index (χ3n) is 4.64. The molecule has 4 heteroatoms. The molecule has 4 nitrogen and oxygen atoms in total. The van der Waals surface area contributed by atoms with Crippen molar-refractivity contribution in [1.29, 1.82) is 0 Å². The van der Waals surface area contributed by atoms with Crippen LogP contribution in [0.25, 0.3) is 0 Å². The number of likely N-dealkylation sites (tertiary alicyclic amines) is 1. The van der Waals surface area contributed by atoms with Crippen molar-refractivity contribution in [3.05, 3.63) is 0 Å². The second-order valence-electron chi connectivity index (χ2n) is 6.90. The SMILES string of the molecule is CC1CCC(NC(=O)C2CCCN(C(=O)C(C)C)C2)C1. The minimum atomic E-state index is -0.0117. The van der Waals surface area contributed by atoms with Crippen molar-refractivity contribution >= 4 is 11.8 Å². The van der Waals surface area contributed by atoms with Crippen LogP contribution in [0.5, 0.6) is 0 Å². The number of piperidine rings is 1. The first-order valence-electron chi connectivity index (χ1n) is 8.06. The fraction of sp³-hybridized carbons (Fsp3) is 0.875. The number of carbonyl (C=O) groups excluding carboxylic acids is 2. The van der Waals surface area contributed by atoms with Crippen LogP contribution < -0.4 is 5.32 Å². The molecule has 0 radical (unpaired) electrons. The van der Waals surface area contributed by atoms with Crippen LogP contribution in [0.4, 0.5) is 0 Å². The second-order valence-corrected chi connectivity index (χ2v) is 6.90. The van der Waals surface area contributed by atoms with E-state index in [1.165, 1.54) is 6.42 Å². The number of hydrogen-bond acceptors (Lipinski definition) is 2. The van der Waals surface area contributed by atoms with Crippen molar-refractivity contribution in [2.75, 3.05) is 13.1 Å². The van der Waals surface area contributed by atoms with Crippen LogP contribution in [-0.4, -0.2) is 35.8 Å². The molecule has 1 aliphatic carbocycles. The Bertz CT molecular complexity index is 367. The maximum atomic E-state index is 12.3. The fourth-order valence-corrected chi connectivity index (χ4v) is 3.41. The summed E-state index contributed by atoms with van der Waals surface area (Å²) in [6.45, 7) is 7.50. The molecule has 0 aromatic rings. The minimum Gasteiger partial charge on any atom is -0.353 e. The highest BCUT2D eigenvalue weighted by Gasteiger charge is 2.31. The normalized spacial score (nSPS) is 30.6. The van der Waals surface area contributed by atoms with Gasteiger partial charge in [-0.3, -0.25) is 9.59 Å². The quantitative estimate of drug-likeness (QED) is 0.861. The van der Waals surface area contributed by atoms with Gasteiger partial charge in [0.2, 0.25) is 11.8 Å². The molecule has 1 heterocycles. The molecule has 20 heavy (non-hydrogen) atoms. The number of amides is 2. The lowest BCUT2D eigenvalue weighted by atomic mass is 9.95. The van der Waals surface area contributed by atoms with Gasteiger partial charge in [-0.25, -0.2) is 0 Å². The molecule has 0 bridgehead atoms. The molecule has 0 aromatic carbocycles. The molecular weight excluding hydrogens is 252 g/mol. The summed E-state index contributed by atoms with van der Waals surface area (Å²) in [6, 6.07) is 0.355. The molecule has 3 atom stereocenters. The zero-order valence-corrected chi connectivity index (χ0v) is 13.0. The highest BCUT2D eigenvalue weighted by Crippen LogP contribution is 2.25. The average Bonchev–Trinajstić information content (AvgIpc) is 2.83. The van der Waals surface area contributed by atoms with Gasteiger partial charge in [-0.15, -0.1) is 0 Å². The summed E-state index contributed by atoms with van der Waals surface area (Å²) in [6.07, 6.45) is 5.28. The lowest BCUT2D eigenvalue weighted by Crippen LogP contribution is -2.48. The number of rotatable bonds is 3. The van der Waals surface area contributed by atoms with E-state index in [1.807, 2.05) is 18.7 Å². The van der Waals surface area contributed by atoms with Gasteiger partial charge in [0, 0.05) is 25.0 Å². The van der Waals surface area contributed by atoms with Gasteiger partial charge in [-0.1, -0.05) is 20.8 Å². The Morgan fingerprint density at radius 3 is 2.55 bits per heavy atom. The van der Waals surface area contributed by atoms with Gasteiger partial charge in [0.25, 0.3) is 0 Å². The van der Waals surface area contributed by atoms with Crippen LogP contribution in [0.1, 0.15) is 52.9 Å². The smallest absolute Gasteiger partial charge is 0.225 e. The first-order valence-corrected chi connectivity index (χ1v) is 8.06. The summed E-state index contributed by atoms with van der Waals surface area (Å²) in [5, 5.41) is 3.19. The van der Waals surface area contributed by atoms with E-state index in [1.54, 1.807) is 0 Å². The van der Waals surface area contributed by atoms with E-state index in [0.717, 1.165) is 38.1 Å². The highest BCUT2D eigenvalue weighted by molar-refractivity contribution is 5.82. The highest BCUT2D eigenvalue weighted by atomic mass is 16.2. The van der Waals surface area contributed by atoms with Gasteiger partial charge in [0.05, 0.1) is 5.92 Å². The predicted octanol–water partition coefficient (Wildman–Crippen LogP) is 2.19. The Labute approximate surface area is 122 Å². The van der Waals surface area contributed by atoms with Crippen molar-refractivity contribution < 1.29 is 9.59 Å². The van der Waals surface area contributed by atoms with Crippen molar-refractivity contribution in [2.24, 2.45) is 17.8 Å². The molecule has 1 saturated carbocycles. The molecule has 3 unspecified atom stereocenters. The van der Waals surface area contributed by atoms with E-state index in [0.29, 0.717) is 12.6 Å². The summed E-state index contributed by atoms with van der Waals surface area (Å²) in [7, 11) is 0. The van der Waals surface area contributed by atoms with Crippen LogP contribution in [-0.2, 0) is 9.59 Å². The molecule has 2 aliphatic rings. The van der Waals surface area contributed by atoms with Gasteiger partial charge in [-0.2, -0.15) is 0 Å². The van der Waals surface area contributed by atoms with Gasteiger partial charge < -0.3 is 10.2 Å². The van der Waals surface area contributed by atoms with Gasteiger partial charge >= 0.3 is 0 Å². The first kappa shape index (κ1) is 15.3. The summed E-state index contributed by atoms with van der Waals surface area (Å²) in [5.41, 5.74) is 0. The Morgan fingerprint density at radius 1 is 1.20 bits per heavy atom. The third-order valence-corrected chi connectivity index (χ3v) is 4.64. The summed E-state index contributed by atoms with van der Waals surface area (Å²) < 4.78 is 0. The lowest BCUT2D eigenvalue weighted by Gasteiger charge is -2.33. The molecule has 1 saturated heterocycles. The monoisotopic (exact) mass is 280 g/mol. The van der Waals surface area contributed by atoms with E-state index < -0.39 is 0 Å². The molecule has 0 spiro atoms. The van der Waals surface area contributed by atoms with Crippen LogP contribution >= 0.6 is 0 Å². The number of nitrogens with one attached hydrogen (secondary N) is 1. The fourth-order valence-electron chi connectivity index (χ4n) is 3.41. The van der Waals surface area contributed by atoms with Gasteiger partial charge in [0.1, 0.15) is 0 Å². The van der Waals surface area contributed by atoms with E-state index in [-0.39, 0.29) is 23.7 Å². The number of hydrogen-bond donors (Lipinski definition) is 1. The molecule has 1 N–H and O–H groups in total. The van der Waals surface area contributed by atoms with Crippen molar-refractivity contribution in [3.8, 4) is 0 Å². The standard InChI is InChI=1S/C16H28N2O2/c1-11(2)16(20)18-8-4-5-13(10-18)15(19)17-14-7-6-12(3)9-14/h11-14H,4-10H2,1-3H3,(H,17,19). The zero-order chi connectivity index (χ0) is 14.7. The van der Waals surface area contributed by atoms with E-state index in [4.69, 9.17) is 0 Å². The average molecular weight is 280 g/mol. The van der Waals surface area contributed by atoms with Crippen molar-refractivity contribution in [2.45, 2.75) is 58.9 Å². The van der Waals surface area contributed by atoms with Gasteiger partial charge in [-0.05, 0) is 38.0 Å². The van der Waals surface area contributed by atoms with Crippen LogP contribution in [0.2, 0.25) is 0 Å². The first-order chi connectivity index (χ1) is 9.47. The zero-order valence-electron chi connectivity index (χ0n) is 13.0. The van der Waals surface area contributed by atoms with Crippen molar-refractivity contribution in [3.63, 3.8) is 0 Å². The lowest BCUT2D eigenvalue weighted by molar-refractivity contribution is -0.138. The van der Waals surface area contributed by atoms with E-state index in [9.17, 15) is 9.59 Å². The van der Waals surface area contributed by atoms with Crippen molar-refractivity contribution in [1.82, 2.24) is 10.2 Å². The third kappa shape index (κ3) is 3.74. The second kappa shape index (κ2) is 6.59. The maximum absolute atomic E-state index is 12.3. The Hall–Kier alpha value is -1.06.